The quantitative estimate of drug-likeness (QED) is 0.435. The maximum atomic E-state index is 15.7. The number of piperazine rings is 1. The van der Waals surface area contributed by atoms with E-state index in [9.17, 15) is 18.0 Å². The number of nitrogens with zero attached hydrogens (tertiary/aromatic N) is 5. The second-order valence-electron chi connectivity index (χ2n) is 10.5. The van der Waals surface area contributed by atoms with Crippen LogP contribution in [-0.4, -0.2) is 79.3 Å². The van der Waals surface area contributed by atoms with Gasteiger partial charge in [-0.2, -0.15) is 13.2 Å². The van der Waals surface area contributed by atoms with Crippen LogP contribution in [-0.2, 0) is 10.9 Å². The van der Waals surface area contributed by atoms with Gasteiger partial charge in [0.2, 0.25) is 5.95 Å². The molecule has 2 aliphatic heterocycles. The van der Waals surface area contributed by atoms with Crippen molar-refractivity contribution >= 4 is 23.2 Å². The number of aromatic nitrogens is 2. The minimum absolute atomic E-state index is 0.148. The third-order valence-electron chi connectivity index (χ3n) is 7.73. The van der Waals surface area contributed by atoms with E-state index in [2.05, 4.69) is 34.0 Å². The van der Waals surface area contributed by atoms with E-state index >= 15 is 4.39 Å². The molecule has 0 bridgehead atoms. The number of rotatable bonds is 5. The van der Waals surface area contributed by atoms with Gasteiger partial charge in [0.25, 0.3) is 5.91 Å². The van der Waals surface area contributed by atoms with E-state index in [-0.39, 0.29) is 28.9 Å². The molecule has 12 heteroatoms. The van der Waals surface area contributed by atoms with Gasteiger partial charge in [-0.1, -0.05) is 6.07 Å². The topological polar surface area (TPSA) is 73.8 Å². The highest BCUT2D eigenvalue weighted by Gasteiger charge is 2.32. The molecule has 0 aliphatic carbocycles. The number of anilines is 3. The number of nitrogens with one attached hydrogen (secondary N) is 1. The number of ether oxygens (including phenoxy) is 1. The molecule has 5 rings (SSSR count). The van der Waals surface area contributed by atoms with Crippen molar-refractivity contribution in [1.82, 2.24) is 14.9 Å². The Hall–Kier alpha value is -3.77. The van der Waals surface area contributed by atoms with E-state index in [0.717, 1.165) is 12.1 Å². The summed E-state index contributed by atoms with van der Waals surface area (Å²) in [5.41, 5.74) is 0.214. The van der Waals surface area contributed by atoms with E-state index in [1.807, 2.05) is 16.8 Å². The first-order chi connectivity index (χ1) is 19.5. The predicted octanol–water partition coefficient (Wildman–Crippen LogP) is 4.92. The monoisotopic (exact) mass is 572 g/mol. The van der Waals surface area contributed by atoms with Crippen molar-refractivity contribution in [2.24, 2.45) is 0 Å². The number of carbonyl (C=O) groups is 1. The van der Waals surface area contributed by atoms with Gasteiger partial charge in [-0.3, -0.25) is 9.69 Å². The molecule has 1 unspecified atom stereocenters. The first kappa shape index (κ1) is 28.7. The molecule has 3 heterocycles. The number of hydrogen-bond donors (Lipinski definition) is 1. The molecule has 0 saturated carbocycles. The summed E-state index contributed by atoms with van der Waals surface area (Å²) in [5.74, 6) is -0.754. The summed E-state index contributed by atoms with van der Waals surface area (Å²) < 4.78 is 60.9. The number of benzene rings is 2. The summed E-state index contributed by atoms with van der Waals surface area (Å²) in [4.78, 5) is 28.2. The standard InChI is InChI=1S/C29H32F4N6O2/c1-18-16-39(17-19(2)37(18)3)26-13-24(30)23(21-14-34-28(35-15-21)38-7-9-41-10-8-38)12-25(26)36-27(40)20-5-4-6-22(11-20)29(31,32)33/h4-6,11-15,18-19H,7-10,16-17H2,1-3H3,(H,36,40)/t18-,19?/m1/s1. The SMILES string of the molecule is CC1CN(c2cc(F)c(-c3cnc(N4CCOCC4)nc3)cc2NC(=O)c2cccc(C(F)(F)F)c2)C[C@@H](C)N1C. The first-order valence-electron chi connectivity index (χ1n) is 13.5. The lowest BCUT2D eigenvalue weighted by molar-refractivity contribution is -0.137. The summed E-state index contributed by atoms with van der Waals surface area (Å²) in [6, 6.07) is 7.36. The minimum Gasteiger partial charge on any atom is -0.378 e. The third-order valence-corrected chi connectivity index (χ3v) is 7.73. The van der Waals surface area contributed by atoms with Crippen LogP contribution >= 0.6 is 0 Å². The molecule has 0 spiro atoms. The van der Waals surface area contributed by atoms with Crippen molar-refractivity contribution in [2.75, 3.05) is 61.6 Å². The van der Waals surface area contributed by atoms with Crippen LogP contribution < -0.4 is 15.1 Å². The molecular formula is C29H32F4N6O2. The Labute approximate surface area is 235 Å². The molecule has 0 radical (unpaired) electrons. The Balaban J connectivity index is 1.51. The second kappa shape index (κ2) is 11.6. The Bertz CT molecular complexity index is 1380. The fourth-order valence-corrected chi connectivity index (χ4v) is 5.17. The molecule has 2 saturated heterocycles. The molecule has 3 aromatic rings. The largest absolute Gasteiger partial charge is 0.416 e. The molecular weight excluding hydrogens is 540 g/mol. The maximum Gasteiger partial charge on any atom is 0.416 e. The molecule has 2 aromatic carbocycles. The zero-order valence-corrected chi connectivity index (χ0v) is 23.1. The highest BCUT2D eigenvalue weighted by atomic mass is 19.4. The molecule has 41 heavy (non-hydrogen) atoms. The number of halogens is 4. The van der Waals surface area contributed by atoms with Gasteiger partial charge in [-0.25, -0.2) is 14.4 Å². The average Bonchev–Trinajstić information content (AvgIpc) is 2.96. The van der Waals surface area contributed by atoms with Crippen LogP contribution in [0.5, 0.6) is 0 Å². The predicted molar refractivity (Wildman–Crippen MR) is 149 cm³/mol. The smallest absolute Gasteiger partial charge is 0.378 e. The summed E-state index contributed by atoms with van der Waals surface area (Å²) in [6.45, 7) is 7.70. The van der Waals surface area contributed by atoms with Crippen LogP contribution in [0.15, 0.2) is 48.8 Å². The zero-order valence-electron chi connectivity index (χ0n) is 23.1. The van der Waals surface area contributed by atoms with Gasteiger partial charge in [0.15, 0.2) is 0 Å². The van der Waals surface area contributed by atoms with Crippen LogP contribution in [0.4, 0.5) is 34.9 Å². The van der Waals surface area contributed by atoms with Gasteiger partial charge in [-0.05, 0) is 51.2 Å². The molecule has 2 aliphatic rings. The van der Waals surface area contributed by atoms with Gasteiger partial charge < -0.3 is 19.9 Å². The number of likely N-dealkylation sites (N-methyl/N-ethyl adjacent to an activating group) is 1. The Morgan fingerprint density at radius 2 is 1.66 bits per heavy atom. The molecule has 1 amide bonds. The van der Waals surface area contributed by atoms with Crippen molar-refractivity contribution in [2.45, 2.75) is 32.1 Å². The van der Waals surface area contributed by atoms with Crippen LogP contribution in [0.1, 0.15) is 29.8 Å². The van der Waals surface area contributed by atoms with E-state index in [4.69, 9.17) is 4.74 Å². The Kier molecular flexibility index (Phi) is 8.14. The highest BCUT2D eigenvalue weighted by Crippen LogP contribution is 2.36. The average molecular weight is 573 g/mol. The van der Waals surface area contributed by atoms with Crippen LogP contribution in [0.2, 0.25) is 0 Å². The molecule has 2 atom stereocenters. The minimum atomic E-state index is -4.59. The lowest BCUT2D eigenvalue weighted by atomic mass is 10.0. The van der Waals surface area contributed by atoms with E-state index in [1.54, 1.807) is 0 Å². The van der Waals surface area contributed by atoms with Gasteiger partial charge in [0.05, 0.1) is 30.2 Å². The maximum absolute atomic E-state index is 15.7. The molecule has 8 nitrogen and oxygen atoms in total. The fraction of sp³-hybridized carbons (Fsp3) is 0.414. The normalized spacial score (nSPS) is 20.3. The van der Waals surface area contributed by atoms with Crippen LogP contribution in [0.3, 0.4) is 0 Å². The van der Waals surface area contributed by atoms with Crippen molar-refractivity contribution in [1.29, 1.82) is 0 Å². The summed E-state index contributed by atoms with van der Waals surface area (Å²) in [6.07, 6.45) is -1.55. The number of alkyl halides is 3. The van der Waals surface area contributed by atoms with E-state index in [1.165, 1.54) is 36.7 Å². The Morgan fingerprint density at radius 3 is 2.29 bits per heavy atom. The number of carbonyl (C=O) groups excluding carboxylic acids is 1. The zero-order chi connectivity index (χ0) is 29.3. The van der Waals surface area contributed by atoms with E-state index in [0.29, 0.717) is 56.6 Å². The lowest BCUT2D eigenvalue weighted by Crippen LogP contribution is -2.55. The lowest BCUT2D eigenvalue weighted by Gasteiger charge is -2.44. The van der Waals surface area contributed by atoms with Gasteiger partial charge in [0.1, 0.15) is 5.82 Å². The highest BCUT2D eigenvalue weighted by molar-refractivity contribution is 6.06. The summed E-state index contributed by atoms with van der Waals surface area (Å²) in [7, 11) is 2.02. The second-order valence-corrected chi connectivity index (χ2v) is 10.5. The van der Waals surface area contributed by atoms with Crippen molar-refractivity contribution in [3.05, 3.63) is 65.7 Å². The number of amides is 1. The first-order valence-corrected chi connectivity index (χ1v) is 13.5. The molecule has 1 N–H and O–H groups in total. The van der Waals surface area contributed by atoms with Crippen LogP contribution in [0.25, 0.3) is 11.1 Å². The molecule has 2 fully saturated rings. The summed E-state index contributed by atoms with van der Waals surface area (Å²) in [5, 5.41) is 2.75. The fourth-order valence-electron chi connectivity index (χ4n) is 5.17. The van der Waals surface area contributed by atoms with Gasteiger partial charge in [0, 0.05) is 67.3 Å². The van der Waals surface area contributed by atoms with Crippen molar-refractivity contribution in [3.8, 4) is 11.1 Å². The van der Waals surface area contributed by atoms with Crippen molar-refractivity contribution in [3.63, 3.8) is 0 Å². The number of morpholine rings is 1. The van der Waals surface area contributed by atoms with Gasteiger partial charge >= 0.3 is 6.18 Å². The number of hydrogen-bond acceptors (Lipinski definition) is 7. The third kappa shape index (κ3) is 6.28. The van der Waals surface area contributed by atoms with Gasteiger partial charge in [-0.15, -0.1) is 0 Å². The summed E-state index contributed by atoms with van der Waals surface area (Å²) >= 11 is 0. The van der Waals surface area contributed by atoms with Crippen molar-refractivity contribution < 1.29 is 27.1 Å². The molecule has 1 aromatic heterocycles. The van der Waals surface area contributed by atoms with Crippen LogP contribution in [0, 0.1) is 5.82 Å². The van der Waals surface area contributed by atoms with E-state index < -0.39 is 23.5 Å². The molecule has 218 valence electrons. The Morgan fingerprint density at radius 1 is 1.00 bits per heavy atom.